The lowest BCUT2D eigenvalue weighted by Crippen LogP contribution is -2.17. The number of aliphatic hydroxyl groups is 2. The van der Waals surface area contributed by atoms with Gasteiger partial charge in [-0.1, -0.05) is 0 Å². The molecule has 152 valence electrons. The van der Waals surface area contributed by atoms with Crippen LogP contribution in [0.2, 0.25) is 0 Å². The summed E-state index contributed by atoms with van der Waals surface area (Å²) in [5.74, 6) is -4.95. The Bertz CT molecular complexity index is 901. The molecule has 0 bridgehead atoms. The number of carbonyl (C=O) groups is 3. The van der Waals surface area contributed by atoms with Gasteiger partial charge in [-0.2, -0.15) is 0 Å². The maximum atomic E-state index is 11.7. The molecule has 0 saturated carbocycles. The average molecular weight is 397 g/mol. The number of fused-ring (bicyclic) bond motifs is 1. The number of carboxylic acid groups (broad SMARTS) is 3. The smallest absolute Gasteiger partial charge is 0.338 e. The second-order valence-corrected chi connectivity index (χ2v) is 5.63. The molecule has 0 aliphatic rings. The number of aromatic carboxylic acids is 3. The molecule has 0 unspecified atom stereocenters. The number of nitrogens with zero attached hydrogens (tertiary/aromatic N) is 1. The Morgan fingerprint density at radius 2 is 1.43 bits per heavy atom. The quantitative estimate of drug-likeness (QED) is 0.337. The van der Waals surface area contributed by atoms with E-state index in [1.165, 1.54) is 6.07 Å². The summed E-state index contributed by atoms with van der Waals surface area (Å²) in [6.07, 6.45) is 1.46. The van der Waals surface area contributed by atoms with Crippen LogP contribution in [-0.2, 0) is 0 Å². The van der Waals surface area contributed by atoms with Crippen LogP contribution >= 0.6 is 0 Å². The van der Waals surface area contributed by atoms with Crippen LogP contribution in [0, 0.1) is 0 Å². The Morgan fingerprint density at radius 3 is 1.93 bits per heavy atom. The zero-order chi connectivity index (χ0) is 20.8. The van der Waals surface area contributed by atoms with Crippen LogP contribution in [0.1, 0.15) is 43.9 Å². The molecule has 11 nitrogen and oxygen atoms in total. The normalized spacial score (nSPS) is 10.8. The van der Waals surface area contributed by atoms with Crippen LogP contribution in [-0.4, -0.2) is 74.3 Å². The van der Waals surface area contributed by atoms with E-state index >= 15 is 0 Å². The van der Waals surface area contributed by atoms with Gasteiger partial charge in [0.25, 0.3) is 0 Å². The summed E-state index contributed by atoms with van der Waals surface area (Å²) in [7, 11) is 0. The van der Waals surface area contributed by atoms with Crippen LogP contribution in [0.15, 0.2) is 12.3 Å². The summed E-state index contributed by atoms with van der Waals surface area (Å²) in [6.45, 7) is -0.247. The molecule has 5 N–H and O–H groups in total. The molecule has 0 fully saturated rings. The van der Waals surface area contributed by atoms with Gasteiger partial charge in [0.05, 0.1) is 35.4 Å². The van der Waals surface area contributed by atoms with Crippen molar-refractivity contribution in [3.63, 3.8) is 0 Å². The van der Waals surface area contributed by atoms with Crippen LogP contribution in [0.5, 0.6) is 11.6 Å². The molecule has 0 aliphatic heterocycles. The lowest BCUT2D eigenvalue weighted by atomic mass is 10.0. The molecule has 0 radical (unpaired) electrons. The van der Waals surface area contributed by atoms with Crippen molar-refractivity contribution in [3.05, 3.63) is 29.0 Å². The molecule has 2 heterocycles. The molecular formula is C17H19NO10. The van der Waals surface area contributed by atoms with Crippen molar-refractivity contribution in [2.45, 2.75) is 12.8 Å². The minimum Gasteiger partial charge on any atom is -0.488 e. The standard InChI is InChI=1S/C17H19NO10/c19-3-1-5-27-11-7-10-13(17(25)26)12(16(23)24)9(15(21)22)8-18(10)14(11)28-6-2-4-20/h7-8,19-20H,1-6H2,(H,21,22)(H,23,24)(H,25,26). The Morgan fingerprint density at radius 1 is 0.857 bits per heavy atom. The van der Waals surface area contributed by atoms with E-state index in [0.717, 1.165) is 10.6 Å². The molecule has 0 aromatic carbocycles. The number of aromatic nitrogens is 1. The van der Waals surface area contributed by atoms with Gasteiger partial charge in [0.15, 0.2) is 5.75 Å². The van der Waals surface area contributed by atoms with Crippen molar-refractivity contribution in [1.82, 2.24) is 4.40 Å². The summed E-state index contributed by atoms with van der Waals surface area (Å²) < 4.78 is 12.1. The first-order chi connectivity index (χ1) is 13.3. The van der Waals surface area contributed by atoms with E-state index in [1.54, 1.807) is 0 Å². The third-order valence-electron chi connectivity index (χ3n) is 3.75. The van der Waals surface area contributed by atoms with Crippen LogP contribution in [0.3, 0.4) is 0 Å². The zero-order valence-corrected chi connectivity index (χ0v) is 14.6. The average Bonchev–Trinajstić information content (AvgIpc) is 2.97. The van der Waals surface area contributed by atoms with Crippen molar-refractivity contribution in [2.24, 2.45) is 0 Å². The maximum absolute atomic E-state index is 11.7. The van der Waals surface area contributed by atoms with Gasteiger partial charge in [-0.05, 0) is 0 Å². The van der Waals surface area contributed by atoms with E-state index in [-0.39, 0.29) is 56.4 Å². The van der Waals surface area contributed by atoms with Gasteiger partial charge in [-0.3, -0.25) is 4.40 Å². The molecule has 0 atom stereocenters. The van der Waals surface area contributed by atoms with Gasteiger partial charge in [0.2, 0.25) is 5.88 Å². The second-order valence-electron chi connectivity index (χ2n) is 5.63. The zero-order valence-electron chi connectivity index (χ0n) is 14.6. The molecular weight excluding hydrogens is 378 g/mol. The van der Waals surface area contributed by atoms with E-state index in [9.17, 15) is 29.7 Å². The number of ether oxygens (including phenoxy) is 2. The Labute approximate surface area is 158 Å². The summed E-state index contributed by atoms with van der Waals surface area (Å²) in [5, 5.41) is 46.1. The van der Waals surface area contributed by atoms with E-state index < -0.39 is 34.6 Å². The number of hydrogen-bond acceptors (Lipinski definition) is 7. The largest absolute Gasteiger partial charge is 0.488 e. The Kier molecular flexibility index (Phi) is 6.79. The van der Waals surface area contributed by atoms with Crippen molar-refractivity contribution in [1.29, 1.82) is 0 Å². The van der Waals surface area contributed by atoms with Crippen LogP contribution < -0.4 is 9.47 Å². The van der Waals surface area contributed by atoms with Gasteiger partial charge >= 0.3 is 17.9 Å². The Hall–Kier alpha value is -3.31. The molecule has 2 aromatic heterocycles. The van der Waals surface area contributed by atoms with Gasteiger partial charge in [0.1, 0.15) is 0 Å². The van der Waals surface area contributed by atoms with Crippen molar-refractivity contribution in [3.8, 4) is 11.6 Å². The predicted octanol–water partition coefficient (Wildman–Crippen LogP) is 0.556. The van der Waals surface area contributed by atoms with Gasteiger partial charge < -0.3 is 35.0 Å². The molecule has 2 rings (SSSR count). The highest BCUT2D eigenvalue weighted by Gasteiger charge is 2.30. The monoisotopic (exact) mass is 397 g/mol. The highest BCUT2D eigenvalue weighted by molar-refractivity contribution is 6.12. The number of rotatable bonds is 11. The summed E-state index contributed by atoms with van der Waals surface area (Å²) in [5.41, 5.74) is -2.46. The summed E-state index contributed by atoms with van der Waals surface area (Å²) in [6, 6.07) is 1.23. The number of pyridine rings is 1. The highest BCUT2D eigenvalue weighted by Crippen LogP contribution is 2.36. The molecule has 2 aromatic rings. The van der Waals surface area contributed by atoms with E-state index in [2.05, 4.69) is 0 Å². The lowest BCUT2D eigenvalue weighted by molar-refractivity contribution is 0.0633. The minimum absolute atomic E-state index is 0.0183. The maximum Gasteiger partial charge on any atom is 0.338 e. The number of hydrogen-bond donors (Lipinski definition) is 5. The molecule has 0 saturated heterocycles. The fraction of sp³-hybridized carbons (Fsp3) is 0.353. The first-order valence-electron chi connectivity index (χ1n) is 8.22. The topological polar surface area (TPSA) is 175 Å². The molecule has 11 heteroatoms. The van der Waals surface area contributed by atoms with Gasteiger partial charge in [0, 0.05) is 38.3 Å². The van der Waals surface area contributed by atoms with Gasteiger partial charge in [-0.15, -0.1) is 0 Å². The SMILES string of the molecule is O=C(O)c1cn2c(OCCCO)c(OCCCO)cc2c(C(=O)O)c1C(=O)O. The number of aliphatic hydroxyl groups excluding tert-OH is 2. The van der Waals surface area contributed by atoms with Gasteiger partial charge in [-0.25, -0.2) is 14.4 Å². The predicted molar refractivity (Wildman–Crippen MR) is 92.7 cm³/mol. The summed E-state index contributed by atoms with van der Waals surface area (Å²) in [4.78, 5) is 34.8. The summed E-state index contributed by atoms with van der Waals surface area (Å²) >= 11 is 0. The van der Waals surface area contributed by atoms with Crippen molar-refractivity contribution in [2.75, 3.05) is 26.4 Å². The van der Waals surface area contributed by atoms with E-state index in [0.29, 0.717) is 0 Å². The van der Waals surface area contributed by atoms with E-state index in [4.69, 9.17) is 19.7 Å². The first-order valence-corrected chi connectivity index (χ1v) is 8.22. The van der Waals surface area contributed by atoms with Crippen LogP contribution in [0.25, 0.3) is 5.52 Å². The molecule has 0 spiro atoms. The highest BCUT2D eigenvalue weighted by atomic mass is 16.5. The minimum atomic E-state index is -1.70. The fourth-order valence-corrected chi connectivity index (χ4v) is 2.59. The molecule has 0 amide bonds. The first kappa shape index (κ1) is 21.0. The van der Waals surface area contributed by atoms with E-state index in [1.807, 2.05) is 0 Å². The third kappa shape index (κ3) is 4.15. The molecule has 0 aliphatic carbocycles. The van der Waals surface area contributed by atoms with Crippen molar-refractivity contribution >= 4 is 23.4 Å². The van der Waals surface area contributed by atoms with Crippen molar-refractivity contribution < 1.29 is 49.4 Å². The molecule has 28 heavy (non-hydrogen) atoms. The lowest BCUT2D eigenvalue weighted by Gasteiger charge is -2.12. The fourth-order valence-electron chi connectivity index (χ4n) is 2.59. The number of carboxylic acids is 3. The van der Waals surface area contributed by atoms with Crippen LogP contribution in [0.4, 0.5) is 0 Å². The Balaban J connectivity index is 2.78. The third-order valence-corrected chi connectivity index (χ3v) is 3.75. The second kappa shape index (κ2) is 9.06.